The monoisotopic (exact) mass is 222 g/mol. The summed E-state index contributed by atoms with van der Waals surface area (Å²) < 4.78 is 5.63. The molecule has 1 fully saturated rings. The molecular formula is C11H18N4O. The Morgan fingerprint density at radius 2 is 2.25 bits per heavy atom. The predicted octanol–water partition coefficient (Wildman–Crippen LogP) is 0.210. The predicted molar refractivity (Wildman–Crippen MR) is 62.6 cm³/mol. The van der Waals surface area contributed by atoms with Crippen molar-refractivity contribution in [1.82, 2.24) is 15.3 Å². The standard InChI is InChI=1S/C11H18N4O/c1-9-5-13-11(14-6-9)15-3-4-16-10(8-15)7-12-2/h5-6,10,12H,3-4,7-8H2,1-2H3. The third-order valence-electron chi connectivity index (χ3n) is 2.62. The molecule has 1 aliphatic rings. The van der Waals surface area contributed by atoms with E-state index in [4.69, 9.17) is 4.74 Å². The number of nitrogens with zero attached hydrogens (tertiary/aromatic N) is 3. The number of likely N-dealkylation sites (N-methyl/N-ethyl adjacent to an activating group) is 1. The third kappa shape index (κ3) is 2.68. The van der Waals surface area contributed by atoms with Crippen molar-refractivity contribution in [2.75, 3.05) is 38.2 Å². The minimum absolute atomic E-state index is 0.226. The van der Waals surface area contributed by atoms with Crippen LogP contribution in [0.25, 0.3) is 0 Å². The maximum Gasteiger partial charge on any atom is 0.225 e. The van der Waals surface area contributed by atoms with Crippen molar-refractivity contribution in [1.29, 1.82) is 0 Å². The number of morpholine rings is 1. The molecule has 1 aromatic rings. The number of rotatable bonds is 3. The maximum absolute atomic E-state index is 5.63. The lowest BCUT2D eigenvalue weighted by Gasteiger charge is -2.32. The zero-order valence-corrected chi connectivity index (χ0v) is 9.81. The molecule has 16 heavy (non-hydrogen) atoms. The van der Waals surface area contributed by atoms with Crippen molar-refractivity contribution in [2.45, 2.75) is 13.0 Å². The van der Waals surface area contributed by atoms with Gasteiger partial charge in [0.25, 0.3) is 0 Å². The zero-order chi connectivity index (χ0) is 11.4. The second-order valence-electron chi connectivity index (χ2n) is 4.06. The van der Waals surface area contributed by atoms with Crippen molar-refractivity contribution in [2.24, 2.45) is 0 Å². The number of hydrogen-bond donors (Lipinski definition) is 1. The summed E-state index contributed by atoms with van der Waals surface area (Å²) in [6, 6.07) is 0. The highest BCUT2D eigenvalue weighted by Crippen LogP contribution is 2.12. The molecule has 0 radical (unpaired) electrons. The van der Waals surface area contributed by atoms with Crippen LogP contribution in [0.15, 0.2) is 12.4 Å². The summed E-state index contributed by atoms with van der Waals surface area (Å²) >= 11 is 0. The summed E-state index contributed by atoms with van der Waals surface area (Å²) in [5, 5.41) is 3.13. The molecule has 0 aliphatic carbocycles. The van der Waals surface area contributed by atoms with E-state index in [9.17, 15) is 0 Å². The van der Waals surface area contributed by atoms with E-state index >= 15 is 0 Å². The Bertz CT molecular complexity index is 325. The molecule has 0 bridgehead atoms. The van der Waals surface area contributed by atoms with Crippen LogP contribution in [0, 0.1) is 6.92 Å². The first-order valence-corrected chi connectivity index (χ1v) is 5.59. The van der Waals surface area contributed by atoms with Gasteiger partial charge in [-0.25, -0.2) is 9.97 Å². The number of aryl methyl sites for hydroxylation is 1. The minimum atomic E-state index is 0.226. The molecule has 1 N–H and O–H groups in total. The second kappa shape index (κ2) is 5.23. The Labute approximate surface area is 95.8 Å². The number of ether oxygens (including phenoxy) is 1. The van der Waals surface area contributed by atoms with Crippen molar-refractivity contribution >= 4 is 5.95 Å². The van der Waals surface area contributed by atoms with Gasteiger partial charge in [-0.15, -0.1) is 0 Å². The number of nitrogens with one attached hydrogen (secondary N) is 1. The highest BCUT2D eigenvalue weighted by molar-refractivity contribution is 5.30. The van der Waals surface area contributed by atoms with Crippen LogP contribution in [0.1, 0.15) is 5.56 Å². The molecule has 1 unspecified atom stereocenters. The van der Waals surface area contributed by atoms with Gasteiger partial charge in [-0.2, -0.15) is 0 Å². The van der Waals surface area contributed by atoms with E-state index in [1.165, 1.54) is 0 Å². The SMILES string of the molecule is CNCC1CN(c2ncc(C)cn2)CCO1. The Balaban J connectivity index is 2.01. The van der Waals surface area contributed by atoms with Crippen LogP contribution in [0.4, 0.5) is 5.95 Å². The lowest BCUT2D eigenvalue weighted by atomic mass is 10.3. The lowest BCUT2D eigenvalue weighted by Crippen LogP contribution is -2.46. The van der Waals surface area contributed by atoms with Crippen molar-refractivity contribution in [3.63, 3.8) is 0 Å². The van der Waals surface area contributed by atoms with Gasteiger partial charge in [0.2, 0.25) is 5.95 Å². The molecule has 88 valence electrons. The summed E-state index contributed by atoms with van der Waals surface area (Å²) in [6.45, 7) is 5.31. The fourth-order valence-electron chi connectivity index (χ4n) is 1.80. The first-order valence-electron chi connectivity index (χ1n) is 5.59. The summed E-state index contributed by atoms with van der Waals surface area (Å²) in [4.78, 5) is 10.8. The van der Waals surface area contributed by atoms with Crippen LogP contribution in [0.3, 0.4) is 0 Å². The Morgan fingerprint density at radius 1 is 1.50 bits per heavy atom. The van der Waals surface area contributed by atoms with Gasteiger partial charge < -0.3 is 15.0 Å². The van der Waals surface area contributed by atoms with E-state index in [1.54, 1.807) is 0 Å². The summed E-state index contributed by atoms with van der Waals surface area (Å²) in [6.07, 6.45) is 3.93. The van der Waals surface area contributed by atoms with Crippen molar-refractivity contribution < 1.29 is 4.74 Å². The molecule has 1 atom stereocenters. The molecule has 0 aromatic carbocycles. The molecule has 1 aliphatic heterocycles. The van der Waals surface area contributed by atoms with E-state index in [-0.39, 0.29) is 6.10 Å². The molecule has 0 saturated carbocycles. The largest absolute Gasteiger partial charge is 0.373 e. The van der Waals surface area contributed by atoms with Gasteiger partial charge in [-0.05, 0) is 19.5 Å². The van der Waals surface area contributed by atoms with Gasteiger partial charge >= 0.3 is 0 Å². The van der Waals surface area contributed by atoms with E-state index < -0.39 is 0 Å². The first kappa shape index (κ1) is 11.3. The van der Waals surface area contributed by atoms with E-state index in [1.807, 2.05) is 26.4 Å². The molecule has 0 amide bonds. The average Bonchev–Trinajstić information content (AvgIpc) is 2.31. The molecule has 5 nitrogen and oxygen atoms in total. The molecule has 2 rings (SSSR count). The molecule has 0 spiro atoms. The molecular weight excluding hydrogens is 204 g/mol. The summed E-state index contributed by atoms with van der Waals surface area (Å²) in [5.41, 5.74) is 1.09. The zero-order valence-electron chi connectivity index (χ0n) is 9.81. The molecule has 5 heteroatoms. The van der Waals surface area contributed by atoms with Crippen LogP contribution in [-0.4, -0.2) is 49.4 Å². The normalized spacial score (nSPS) is 21.1. The van der Waals surface area contributed by atoms with Crippen LogP contribution in [0.2, 0.25) is 0 Å². The molecule has 1 aromatic heterocycles. The van der Waals surface area contributed by atoms with E-state index in [2.05, 4.69) is 20.2 Å². The van der Waals surface area contributed by atoms with E-state index in [0.717, 1.165) is 37.8 Å². The quantitative estimate of drug-likeness (QED) is 0.792. The summed E-state index contributed by atoms with van der Waals surface area (Å²) in [5.74, 6) is 0.801. The average molecular weight is 222 g/mol. The molecule has 1 saturated heterocycles. The smallest absolute Gasteiger partial charge is 0.225 e. The van der Waals surface area contributed by atoms with Crippen molar-refractivity contribution in [3.8, 4) is 0 Å². The Morgan fingerprint density at radius 3 is 2.94 bits per heavy atom. The van der Waals surface area contributed by atoms with E-state index in [0.29, 0.717) is 0 Å². The second-order valence-corrected chi connectivity index (χ2v) is 4.06. The third-order valence-corrected chi connectivity index (χ3v) is 2.62. The van der Waals surface area contributed by atoms with Crippen molar-refractivity contribution in [3.05, 3.63) is 18.0 Å². The lowest BCUT2D eigenvalue weighted by molar-refractivity contribution is 0.0416. The highest BCUT2D eigenvalue weighted by atomic mass is 16.5. The number of hydrogen-bond acceptors (Lipinski definition) is 5. The minimum Gasteiger partial charge on any atom is -0.373 e. The van der Waals surface area contributed by atoms with Gasteiger partial charge in [-0.1, -0.05) is 0 Å². The van der Waals surface area contributed by atoms with Crippen LogP contribution >= 0.6 is 0 Å². The maximum atomic E-state index is 5.63. The number of aromatic nitrogens is 2. The Hall–Kier alpha value is -1.20. The Kier molecular flexibility index (Phi) is 3.69. The molecule has 2 heterocycles. The number of anilines is 1. The van der Waals surface area contributed by atoms with Crippen LogP contribution in [-0.2, 0) is 4.74 Å². The van der Waals surface area contributed by atoms with Gasteiger partial charge in [0.15, 0.2) is 0 Å². The van der Waals surface area contributed by atoms with Gasteiger partial charge in [0, 0.05) is 32.0 Å². The topological polar surface area (TPSA) is 50.3 Å². The van der Waals surface area contributed by atoms with Gasteiger partial charge in [0.05, 0.1) is 12.7 Å². The summed E-state index contributed by atoms with van der Waals surface area (Å²) in [7, 11) is 1.94. The van der Waals surface area contributed by atoms with Gasteiger partial charge in [-0.3, -0.25) is 0 Å². The first-order chi connectivity index (χ1) is 7.79. The van der Waals surface area contributed by atoms with Crippen LogP contribution < -0.4 is 10.2 Å². The highest BCUT2D eigenvalue weighted by Gasteiger charge is 2.21. The fraction of sp³-hybridized carbons (Fsp3) is 0.636. The fourth-order valence-corrected chi connectivity index (χ4v) is 1.80. The van der Waals surface area contributed by atoms with Crippen LogP contribution in [0.5, 0.6) is 0 Å². The van der Waals surface area contributed by atoms with Gasteiger partial charge in [0.1, 0.15) is 0 Å².